The predicted octanol–water partition coefficient (Wildman–Crippen LogP) is 3.75. The lowest BCUT2D eigenvalue weighted by Crippen LogP contribution is -1.87. The Morgan fingerprint density at radius 3 is 2.53 bits per heavy atom. The molecule has 0 unspecified atom stereocenters. The maximum atomic E-state index is 13.1. The molecule has 1 aromatic carbocycles. The van der Waals surface area contributed by atoms with Gasteiger partial charge in [-0.25, -0.2) is 8.78 Å². The van der Waals surface area contributed by atoms with Crippen LogP contribution in [0.25, 0.3) is 0 Å². The fourth-order valence-electron chi connectivity index (χ4n) is 1.04. The van der Waals surface area contributed by atoms with E-state index in [0.29, 0.717) is 12.2 Å². The molecule has 90 valence electrons. The van der Waals surface area contributed by atoms with Gasteiger partial charge in [-0.2, -0.15) is 0 Å². The highest BCUT2D eigenvalue weighted by atomic mass is 79.9. The molecule has 17 heavy (non-hydrogen) atoms. The summed E-state index contributed by atoms with van der Waals surface area (Å²) in [7, 11) is 0. The first-order valence-corrected chi connectivity index (χ1v) is 6.55. The van der Waals surface area contributed by atoms with E-state index in [9.17, 15) is 13.6 Å². The fourth-order valence-corrected chi connectivity index (χ4v) is 1.76. The number of thioether (sulfide) groups is 1. The summed E-state index contributed by atoms with van der Waals surface area (Å²) in [5, 5.41) is 0.0348. The van der Waals surface area contributed by atoms with Crippen LogP contribution >= 0.6 is 27.7 Å². The van der Waals surface area contributed by atoms with E-state index in [1.165, 1.54) is 18.7 Å². The molecule has 5 heteroatoms. The van der Waals surface area contributed by atoms with E-state index in [2.05, 4.69) is 27.8 Å². The number of hydrogen-bond acceptors (Lipinski definition) is 2. The van der Waals surface area contributed by atoms with E-state index in [-0.39, 0.29) is 15.2 Å². The van der Waals surface area contributed by atoms with Gasteiger partial charge in [0.2, 0.25) is 0 Å². The van der Waals surface area contributed by atoms with Crippen molar-refractivity contribution in [2.45, 2.75) is 13.3 Å². The lowest BCUT2D eigenvalue weighted by Gasteiger charge is -1.97. The molecule has 0 bridgehead atoms. The average Bonchev–Trinajstić information content (AvgIpc) is 2.25. The fraction of sp³-hybridized carbons (Fsp3) is 0.250. The smallest absolute Gasteiger partial charge is 0.185 e. The third-order valence-electron chi connectivity index (χ3n) is 1.75. The number of carbonyl (C=O) groups is 1. The number of hydrogen-bond donors (Lipinski definition) is 0. The van der Waals surface area contributed by atoms with E-state index < -0.39 is 11.6 Å². The number of carbonyl (C=O) groups excluding carboxylic acids is 1. The third kappa shape index (κ3) is 4.88. The van der Waals surface area contributed by atoms with Crippen molar-refractivity contribution in [3.63, 3.8) is 0 Å². The Morgan fingerprint density at radius 2 is 2.00 bits per heavy atom. The molecule has 1 nitrogen and oxygen atoms in total. The van der Waals surface area contributed by atoms with Crippen molar-refractivity contribution in [3.05, 3.63) is 33.8 Å². The first-order chi connectivity index (χ1) is 8.00. The van der Waals surface area contributed by atoms with Crippen LogP contribution in [-0.2, 0) is 4.79 Å². The Kier molecular flexibility index (Phi) is 5.66. The van der Waals surface area contributed by atoms with Crippen molar-refractivity contribution >= 4 is 32.8 Å². The van der Waals surface area contributed by atoms with Crippen molar-refractivity contribution in [3.8, 4) is 11.8 Å². The van der Waals surface area contributed by atoms with Crippen LogP contribution < -0.4 is 0 Å². The normalized spacial score (nSPS) is 9.65. The zero-order valence-electron chi connectivity index (χ0n) is 9.02. The van der Waals surface area contributed by atoms with Gasteiger partial charge in [0.05, 0.1) is 4.47 Å². The second-order valence-electron chi connectivity index (χ2n) is 3.15. The maximum Gasteiger partial charge on any atom is 0.185 e. The minimum Gasteiger partial charge on any atom is -0.288 e. The topological polar surface area (TPSA) is 17.1 Å². The van der Waals surface area contributed by atoms with Gasteiger partial charge in [0.1, 0.15) is 11.6 Å². The molecule has 0 saturated carbocycles. The monoisotopic (exact) mass is 318 g/mol. The van der Waals surface area contributed by atoms with E-state index in [1.54, 1.807) is 0 Å². The summed E-state index contributed by atoms with van der Waals surface area (Å²) in [6.45, 7) is 1.48. The predicted molar refractivity (Wildman–Crippen MR) is 68.7 cm³/mol. The minimum atomic E-state index is -0.674. The average molecular weight is 319 g/mol. The molecule has 0 saturated heterocycles. The van der Waals surface area contributed by atoms with Gasteiger partial charge in [0, 0.05) is 24.7 Å². The molecule has 0 aromatic heterocycles. The van der Waals surface area contributed by atoms with Gasteiger partial charge in [0.25, 0.3) is 0 Å². The van der Waals surface area contributed by atoms with Crippen molar-refractivity contribution in [1.82, 2.24) is 0 Å². The lowest BCUT2D eigenvalue weighted by molar-refractivity contribution is -0.109. The Balaban J connectivity index is 2.63. The Bertz CT molecular complexity index is 468. The molecule has 0 N–H and O–H groups in total. The Morgan fingerprint density at radius 1 is 1.41 bits per heavy atom. The molecular formula is C12H9BrF2OS. The van der Waals surface area contributed by atoms with Crippen LogP contribution in [0, 0.1) is 23.5 Å². The van der Waals surface area contributed by atoms with Gasteiger partial charge in [-0.15, -0.1) is 0 Å². The number of rotatable bonds is 2. The molecule has 0 spiro atoms. The highest BCUT2D eigenvalue weighted by Gasteiger charge is 2.06. The van der Waals surface area contributed by atoms with Gasteiger partial charge in [-0.3, -0.25) is 4.79 Å². The van der Waals surface area contributed by atoms with E-state index in [0.717, 1.165) is 12.1 Å². The van der Waals surface area contributed by atoms with Crippen molar-refractivity contribution in [2.75, 3.05) is 5.75 Å². The van der Waals surface area contributed by atoms with Crippen LogP contribution in [0.2, 0.25) is 0 Å². The first kappa shape index (κ1) is 14.2. The number of benzene rings is 1. The van der Waals surface area contributed by atoms with Crippen LogP contribution in [0.5, 0.6) is 0 Å². The van der Waals surface area contributed by atoms with Crippen molar-refractivity contribution in [2.24, 2.45) is 0 Å². The zero-order valence-corrected chi connectivity index (χ0v) is 11.4. The molecule has 0 heterocycles. The van der Waals surface area contributed by atoms with Gasteiger partial charge < -0.3 is 0 Å². The van der Waals surface area contributed by atoms with Crippen molar-refractivity contribution in [1.29, 1.82) is 0 Å². The van der Waals surface area contributed by atoms with Gasteiger partial charge in [0.15, 0.2) is 5.12 Å². The summed E-state index contributed by atoms with van der Waals surface area (Å²) in [6, 6.07) is 2.33. The molecule has 0 radical (unpaired) electrons. The molecule has 0 amide bonds. The van der Waals surface area contributed by atoms with Gasteiger partial charge in [-0.1, -0.05) is 23.6 Å². The Hall–Kier alpha value is -0.860. The van der Waals surface area contributed by atoms with Crippen LogP contribution in [0.1, 0.15) is 18.9 Å². The molecule has 0 aliphatic heterocycles. The summed E-state index contributed by atoms with van der Waals surface area (Å²) < 4.78 is 26.1. The second-order valence-corrected chi connectivity index (χ2v) is 5.21. The van der Waals surface area contributed by atoms with E-state index >= 15 is 0 Å². The molecular weight excluding hydrogens is 310 g/mol. The SMILES string of the molecule is CC(=O)SCCC#Cc1cc(F)c(Br)c(F)c1. The molecule has 0 atom stereocenters. The summed E-state index contributed by atoms with van der Waals surface area (Å²) in [5.74, 6) is 4.65. The molecule has 0 fully saturated rings. The molecule has 1 rings (SSSR count). The van der Waals surface area contributed by atoms with Crippen LogP contribution in [0.4, 0.5) is 8.78 Å². The highest BCUT2D eigenvalue weighted by molar-refractivity contribution is 9.10. The second kappa shape index (κ2) is 6.77. The van der Waals surface area contributed by atoms with Crippen LogP contribution in [0.15, 0.2) is 16.6 Å². The first-order valence-electron chi connectivity index (χ1n) is 4.77. The lowest BCUT2D eigenvalue weighted by atomic mass is 10.2. The van der Waals surface area contributed by atoms with E-state index in [1.807, 2.05) is 0 Å². The Labute approximate surface area is 111 Å². The summed E-state index contributed by atoms with van der Waals surface area (Å²) in [5.41, 5.74) is 0.288. The summed E-state index contributed by atoms with van der Waals surface area (Å²) in [4.78, 5) is 10.6. The molecule has 0 aliphatic rings. The minimum absolute atomic E-state index is 0.0348. The summed E-state index contributed by atoms with van der Waals surface area (Å²) >= 11 is 3.96. The van der Waals surface area contributed by atoms with Crippen LogP contribution in [-0.4, -0.2) is 10.9 Å². The van der Waals surface area contributed by atoms with Crippen molar-refractivity contribution < 1.29 is 13.6 Å². The maximum absolute atomic E-state index is 13.1. The quantitative estimate of drug-likeness (QED) is 0.469. The number of halogens is 3. The third-order valence-corrected chi connectivity index (χ3v) is 3.32. The highest BCUT2D eigenvalue weighted by Crippen LogP contribution is 2.20. The van der Waals surface area contributed by atoms with Gasteiger partial charge >= 0.3 is 0 Å². The standard InChI is InChI=1S/C12H9BrF2OS/c1-8(16)17-5-3-2-4-9-6-10(14)12(13)11(15)7-9/h6-7H,3,5H2,1H3. The zero-order chi connectivity index (χ0) is 12.8. The summed E-state index contributed by atoms with van der Waals surface area (Å²) in [6.07, 6.45) is 0.504. The largest absolute Gasteiger partial charge is 0.288 e. The van der Waals surface area contributed by atoms with Crippen LogP contribution in [0.3, 0.4) is 0 Å². The molecule has 0 aliphatic carbocycles. The van der Waals surface area contributed by atoms with Gasteiger partial charge in [-0.05, 0) is 28.1 Å². The van der Waals surface area contributed by atoms with E-state index in [4.69, 9.17) is 0 Å². The molecule has 1 aromatic rings.